The fourth-order valence-corrected chi connectivity index (χ4v) is 5.75. The van der Waals surface area contributed by atoms with Gasteiger partial charge in [0.1, 0.15) is 5.82 Å². The van der Waals surface area contributed by atoms with E-state index in [0.29, 0.717) is 11.5 Å². The van der Waals surface area contributed by atoms with E-state index in [1.165, 1.54) is 34.9 Å². The van der Waals surface area contributed by atoms with Crippen molar-refractivity contribution in [2.24, 2.45) is 0 Å². The number of nitrogens with zero attached hydrogens (tertiary/aromatic N) is 1. The Balaban J connectivity index is 0.00000124. The van der Waals surface area contributed by atoms with Gasteiger partial charge in [0, 0.05) is 24.7 Å². The monoisotopic (exact) mass is 497 g/mol. The van der Waals surface area contributed by atoms with Crippen molar-refractivity contribution in [2.75, 3.05) is 20.4 Å². The highest BCUT2D eigenvalue weighted by atomic mass is 32.2. The molecule has 3 aromatic carbocycles. The van der Waals surface area contributed by atoms with E-state index < -0.39 is 16.9 Å². The number of hydrogen-bond donors (Lipinski definition) is 0. The summed E-state index contributed by atoms with van der Waals surface area (Å²) < 4.78 is 49.0. The molecule has 2 unspecified atom stereocenters. The van der Waals surface area contributed by atoms with Gasteiger partial charge in [0.05, 0.1) is 12.0 Å². The average Bonchev–Trinajstić information content (AvgIpc) is 3.38. The molecule has 8 heteroatoms. The smallest absolute Gasteiger partial charge is 0.240 e. The van der Waals surface area contributed by atoms with Gasteiger partial charge in [-0.3, -0.25) is 4.90 Å². The van der Waals surface area contributed by atoms with Crippen molar-refractivity contribution < 1.29 is 27.0 Å². The van der Waals surface area contributed by atoms with Crippen LogP contribution in [0.2, 0.25) is 0 Å². The van der Waals surface area contributed by atoms with E-state index in [4.69, 9.17) is 18.4 Å². The predicted molar refractivity (Wildman–Crippen MR) is 131 cm³/mol. The van der Waals surface area contributed by atoms with Crippen molar-refractivity contribution in [2.45, 2.75) is 44.2 Å². The number of ether oxygens (including phenoxy) is 3. The Kier molecular flexibility index (Phi) is 6.67. The van der Waals surface area contributed by atoms with Gasteiger partial charge in [0.2, 0.25) is 17.9 Å². The van der Waals surface area contributed by atoms with Gasteiger partial charge in [-0.05, 0) is 65.9 Å². The summed E-state index contributed by atoms with van der Waals surface area (Å²) in [5.41, 5.74) is 4.77. The molecule has 0 spiro atoms. The topological polar surface area (TPSA) is 57.2 Å². The van der Waals surface area contributed by atoms with E-state index in [1.807, 2.05) is 32.0 Å². The van der Waals surface area contributed by atoms with Crippen molar-refractivity contribution >= 4 is 11.1 Å². The molecule has 35 heavy (non-hydrogen) atoms. The third-order valence-corrected chi connectivity index (χ3v) is 7.53. The summed E-state index contributed by atoms with van der Waals surface area (Å²) in [5, 5.41) is 0. The zero-order valence-electron chi connectivity index (χ0n) is 20.0. The number of rotatable bonds is 4. The highest BCUT2D eigenvalue weighted by Gasteiger charge is 2.36. The first-order valence-electron chi connectivity index (χ1n) is 11.8. The molecular formula is C27H28FNO5S. The molecule has 6 nitrogen and oxygen atoms in total. The summed E-state index contributed by atoms with van der Waals surface area (Å²) in [6, 6.07) is 13.8. The summed E-state index contributed by atoms with van der Waals surface area (Å²) in [5.74, 6) is 2.12. The van der Waals surface area contributed by atoms with Crippen LogP contribution in [0.3, 0.4) is 0 Å². The fraction of sp³-hybridized carbons (Fsp3) is 0.333. The Morgan fingerprint density at radius 2 is 1.91 bits per heavy atom. The zero-order chi connectivity index (χ0) is 24.5. The Labute approximate surface area is 207 Å². The first-order valence-corrected chi connectivity index (χ1v) is 12.9. The van der Waals surface area contributed by atoms with Crippen LogP contribution in [0.25, 0.3) is 0 Å². The van der Waals surface area contributed by atoms with E-state index in [1.54, 1.807) is 13.2 Å². The normalized spacial score (nSPS) is 18.3. The number of halogens is 1. The molecule has 3 aliphatic rings. The maximum atomic E-state index is 13.6. The minimum Gasteiger partial charge on any atom is -0.493 e. The Bertz CT molecular complexity index is 1280. The summed E-state index contributed by atoms with van der Waals surface area (Å²) in [6.07, 6.45) is 1.70. The van der Waals surface area contributed by atoms with Crippen LogP contribution in [0.15, 0.2) is 53.4 Å². The Hall–Kier alpha value is -3.10. The Morgan fingerprint density at radius 1 is 1.06 bits per heavy atom. The number of benzene rings is 3. The summed E-state index contributed by atoms with van der Waals surface area (Å²) in [7, 11) is 1.56. The molecule has 3 aliphatic heterocycles. The van der Waals surface area contributed by atoms with Crippen LogP contribution < -0.4 is 18.4 Å². The maximum Gasteiger partial charge on any atom is 0.240 e. The molecule has 0 saturated heterocycles. The van der Waals surface area contributed by atoms with Crippen LogP contribution in [-0.4, -0.2) is 29.6 Å². The van der Waals surface area contributed by atoms with Crippen molar-refractivity contribution in [1.82, 2.24) is 4.90 Å². The van der Waals surface area contributed by atoms with Crippen molar-refractivity contribution in [1.29, 1.82) is 0 Å². The quantitative estimate of drug-likeness (QED) is 0.485. The molecule has 0 saturated carbocycles. The van der Waals surface area contributed by atoms with Crippen LogP contribution in [-0.2, 0) is 30.5 Å². The number of hydrogen-bond acceptors (Lipinski definition) is 6. The lowest BCUT2D eigenvalue weighted by Gasteiger charge is -2.41. The maximum absolute atomic E-state index is 13.6. The highest BCUT2D eigenvalue weighted by molar-refractivity contribution is 7.80. The first kappa shape index (κ1) is 23.6. The fourth-order valence-electron chi connectivity index (χ4n) is 4.96. The van der Waals surface area contributed by atoms with Crippen molar-refractivity contribution in [3.05, 3.63) is 76.6 Å². The molecule has 0 aromatic heterocycles. The SMILES string of the molecule is CC.COc1cc2c(cc1OS(=O)c1cccc(F)c1)C1Cc3ccc4c(c3CN1CC2)OCO4. The lowest BCUT2D eigenvalue weighted by molar-refractivity contribution is 0.151. The van der Waals surface area contributed by atoms with Gasteiger partial charge in [0.25, 0.3) is 0 Å². The van der Waals surface area contributed by atoms with E-state index in [2.05, 4.69) is 11.0 Å². The highest BCUT2D eigenvalue weighted by Crippen LogP contribution is 2.47. The Morgan fingerprint density at radius 3 is 2.71 bits per heavy atom. The second-order valence-corrected chi connectivity index (χ2v) is 9.46. The summed E-state index contributed by atoms with van der Waals surface area (Å²) >= 11 is -1.87. The molecule has 0 N–H and O–H groups in total. The van der Waals surface area contributed by atoms with Gasteiger partial charge >= 0.3 is 0 Å². The lowest BCUT2D eigenvalue weighted by Crippen LogP contribution is -2.39. The lowest BCUT2D eigenvalue weighted by atomic mass is 9.83. The number of fused-ring (bicyclic) bond motifs is 6. The van der Waals surface area contributed by atoms with E-state index >= 15 is 0 Å². The molecule has 0 amide bonds. The van der Waals surface area contributed by atoms with Crippen LogP contribution in [0.5, 0.6) is 23.0 Å². The van der Waals surface area contributed by atoms with Gasteiger partial charge in [0.15, 0.2) is 23.0 Å². The molecule has 184 valence electrons. The molecule has 3 heterocycles. The van der Waals surface area contributed by atoms with E-state index in [0.717, 1.165) is 43.0 Å². The molecule has 0 fully saturated rings. The first-order chi connectivity index (χ1) is 17.1. The summed E-state index contributed by atoms with van der Waals surface area (Å²) in [6.45, 7) is 5.96. The molecule has 0 bridgehead atoms. The average molecular weight is 498 g/mol. The van der Waals surface area contributed by atoms with Crippen LogP contribution in [0.4, 0.5) is 4.39 Å². The van der Waals surface area contributed by atoms with Gasteiger partial charge in [-0.25, -0.2) is 8.60 Å². The van der Waals surface area contributed by atoms with E-state index in [-0.39, 0.29) is 17.7 Å². The largest absolute Gasteiger partial charge is 0.493 e. The third-order valence-electron chi connectivity index (χ3n) is 6.56. The van der Waals surface area contributed by atoms with Crippen LogP contribution >= 0.6 is 0 Å². The van der Waals surface area contributed by atoms with Gasteiger partial charge < -0.3 is 18.4 Å². The second-order valence-electron chi connectivity index (χ2n) is 8.35. The molecule has 0 aliphatic carbocycles. The van der Waals surface area contributed by atoms with Crippen LogP contribution in [0.1, 0.15) is 42.1 Å². The van der Waals surface area contributed by atoms with Gasteiger partial charge in [-0.2, -0.15) is 0 Å². The standard InChI is InChI=1S/C25H22FNO5S.C2H6/c1-29-23-10-16-7-8-27-13-20-15(5-6-22-25(20)31-14-30-22)9-21(27)19(16)12-24(23)32-33(28)18-4-2-3-17(26)11-18;1-2/h2-6,10-12,21H,7-9,13-14H2,1H3;1-2H3. The van der Waals surface area contributed by atoms with Gasteiger partial charge in [-0.1, -0.05) is 26.0 Å². The third kappa shape index (κ3) is 4.36. The molecular weight excluding hydrogens is 469 g/mol. The molecule has 6 rings (SSSR count). The molecule has 0 radical (unpaired) electrons. The predicted octanol–water partition coefficient (Wildman–Crippen LogP) is 5.35. The zero-order valence-corrected chi connectivity index (χ0v) is 20.8. The number of methoxy groups -OCH3 is 1. The van der Waals surface area contributed by atoms with Gasteiger partial charge in [-0.15, -0.1) is 0 Å². The van der Waals surface area contributed by atoms with Crippen LogP contribution in [0, 0.1) is 5.82 Å². The minimum absolute atomic E-state index is 0.164. The minimum atomic E-state index is -1.87. The second kappa shape index (κ2) is 9.87. The van der Waals surface area contributed by atoms with E-state index in [9.17, 15) is 8.60 Å². The molecule has 3 aromatic rings. The van der Waals surface area contributed by atoms with Crippen molar-refractivity contribution in [3.63, 3.8) is 0 Å². The molecule has 2 atom stereocenters. The van der Waals surface area contributed by atoms with Crippen molar-refractivity contribution in [3.8, 4) is 23.0 Å². The summed E-state index contributed by atoms with van der Waals surface area (Å²) in [4.78, 5) is 2.70.